The van der Waals surface area contributed by atoms with Crippen molar-refractivity contribution >= 4 is 38.9 Å². The smallest absolute Gasteiger partial charge is 0.0701 e. The molecule has 1 N–H and O–H groups in total. The minimum absolute atomic E-state index is 0.403. The average molecular weight is 359 g/mol. The molecule has 0 fully saturated rings. The van der Waals surface area contributed by atoms with Crippen molar-refractivity contribution in [1.82, 2.24) is 5.32 Å². The molecule has 19 heavy (non-hydrogen) atoms. The van der Waals surface area contributed by atoms with Crippen molar-refractivity contribution < 1.29 is 0 Å². The molecule has 1 heterocycles. The Morgan fingerprint density at radius 2 is 1.95 bits per heavy atom. The monoisotopic (exact) mass is 357 g/mol. The fourth-order valence-electron chi connectivity index (χ4n) is 2.05. The van der Waals surface area contributed by atoms with Crippen LogP contribution in [0.25, 0.3) is 0 Å². The summed E-state index contributed by atoms with van der Waals surface area (Å²) in [6, 6.07) is 12.8. The zero-order valence-corrected chi connectivity index (χ0v) is 14.0. The van der Waals surface area contributed by atoms with E-state index >= 15 is 0 Å². The molecule has 0 saturated carbocycles. The first-order valence-electron chi connectivity index (χ1n) is 6.42. The van der Waals surface area contributed by atoms with E-state index < -0.39 is 0 Å². The molecule has 2 rings (SSSR count). The number of hydrogen-bond acceptors (Lipinski definition) is 2. The van der Waals surface area contributed by atoms with Crippen molar-refractivity contribution in [1.29, 1.82) is 0 Å². The van der Waals surface area contributed by atoms with Crippen LogP contribution in [-0.2, 0) is 6.42 Å². The number of rotatable bonds is 6. The van der Waals surface area contributed by atoms with Crippen LogP contribution in [0.5, 0.6) is 0 Å². The highest BCUT2D eigenvalue weighted by atomic mass is 79.9. The van der Waals surface area contributed by atoms with Gasteiger partial charge in [0.15, 0.2) is 0 Å². The van der Waals surface area contributed by atoms with Gasteiger partial charge in [-0.15, -0.1) is 11.3 Å². The number of nitrogens with one attached hydrogen (secondary N) is 1. The van der Waals surface area contributed by atoms with Crippen LogP contribution in [0.4, 0.5) is 0 Å². The highest BCUT2D eigenvalue weighted by Crippen LogP contribution is 2.23. The van der Waals surface area contributed by atoms with Crippen molar-refractivity contribution in [3.8, 4) is 0 Å². The lowest BCUT2D eigenvalue weighted by Gasteiger charge is -2.17. The van der Waals surface area contributed by atoms with E-state index in [0.717, 1.165) is 24.4 Å². The molecule has 102 valence electrons. The van der Waals surface area contributed by atoms with E-state index in [0.29, 0.717) is 6.04 Å². The Labute approximate surface area is 132 Å². The van der Waals surface area contributed by atoms with Gasteiger partial charge in [-0.05, 0) is 58.6 Å². The largest absolute Gasteiger partial charge is 0.310 e. The summed E-state index contributed by atoms with van der Waals surface area (Å²) in [6.07, 6.45) is 2.15. The molecule has 0 aliphatic rings. The molecule has 0 radical (unpaired) electrons. The van der Waals surface area contributed by atoms with E-state index in [4.69, 9.17) is 11.6 Å². The Hall–Kier alpha value is -0.350. The quantitative estimate of drug-likeness (QED) is 0.724. The summed E-state index contributed by atoms with van der Waals surface area (Å²) in [7, 11) is 0. The zero-order valence-electron chi connectivity index (χ0n) is 10.8. The maximum absolute atomic E-state index is 5.92. The van der Waals surface area contributed by atoms with Gasteiger partial charge in [0.25, 0.3) is 0 Å². The highest BCUT2D eigenvalue weighted by molar-refractivity contribution is 9.11. The van der Waals surface area contributed by atoms with Gasteiger partial charge in [0.1, 0.15) is 0 Å². The molecule has 0 spiro atoms. The molecule has 1 unspecified atom stereocenters. The van der Waals surface area contributed by atoms with Gasteiger partial charge in [-0.3, -0.25) is 0 Å². The number of benzene rings is 1. The molecule has 0 bridgehead atoms. The number of thiophene rings is 1. The maximum atomic E-state index is 5.92. The van der Waals surface area contributed by atoms with Crippen LogP contribution >= 0.6 is 38.9 Å². The van der Waals surface area contributed by atoms with Crippen molar-refractivity contribution in [3.63, 3.8) is 0 Å². The molecular weight excluding hydrogens is 342 g/mol. The van der Waals surface area contributed by atoms with Gasteiger partial charge in [0.05, 0.1) is 3.79 Å². The molecular formula is C15H17BrClNS. The van der Waals surface area contributed by atoms with E-state index in [1.54, 1.807) is 11.3 Å². The summed E-state index contributed by atoms with van der Waals surface area (Å²) in [6.45, 7) is 3.20. The molecule has 2 aromatic rings. The van der Waals surface area contributed by atoms with Crippen molar-refractivity contribution in [2.24, 2.45) is 0 Å². The van der Waals surface area contributed by atoms with Crippen LogP contribution in [0, 0.1) is 0 Å². The molecule has 0 saturated heterocycles. The second-order valence-corrected chi connectivity index (χ2v) is 7.41. The number of halogens is 2. The van der Waals surface area contributed by atoms with Gasteiger partial charge in [-0.1, -0.05) is 30.7 Å². The van der Waals surface area contributed by atoms with Crippen LogP contribution in [0.3, 0.4) is 0 Å². The van der Waals surface area contributed by atoms with Crippen LogP contribution in [0.15, 0.2) is 40.2 Å². The van der Waals surface area contributed by atoms with E-state index in [1.807, 2.05) is 12.1 Å². The Morgan fingerprint density at radius 3 is 2.53 bits per heavy atom. The Balaban J connectivity index is 1.87. The summed E-state index contributed by atoms with van der Waals surface area (Å²) in [5, 5.41) is 4.40. The van der Waals surface area contributed by atoms with Gasteiger partial charge in [0.2, 0.25) is 0 Å². The normalized spacial score (nSPS) is 12.6. The molecule has 0 amide bonds. The summed E-state index contributed by atoms with van der Waals surface area (Å²) in [5.74, 6) is 0. The van der Waals surface area contributed by atoms with Crippen LogP contribution in [0.1, 0.15) is 29.8 Å². The molecule has 0 aliphatic carbocycles. The predicted octanol–water partition coefficient (Wildman–Crippen LogP) is 5.45. The van der Waals surface area contributed by atoms with E-state index in [-0.39, 0.29) is 0 Å². The SMILES string of the molecule is CCC(NCCc1ccc(Br)s1)c1ccc(Cl)cc1. The fourth-order valence-corrected chi connectivity index (χ4v) is 3.66. The van der Waals surface area contributed by atoms with Crippen molar-refractivity contribution in [2.75, 3.05) is 6.54 Å². The van der Waals surface area contributed by atoms with E-state index in [9.17, 15) is 0 Å². The molecule has 1 atom stereocenters. The minimum atomic E-state index is 0.403. The van der Waals surface area contributed by atoms with Crippen LogP contribution in [0.2, 0.25) is 5.02 Å². The third-order valence-electron chi connectivity index (χ3n) is 3.07. The molecule has 1 nitrogen and oxygen atoms in total. The Morgan fingerprint density at radius 1 is 1.21 bits per heavy atom. The summed E-state index contributed by atoms with van der Waals surface area (Å²) < 4.78 is 1.20. The van der Waals surface area contributed by atoms with Crippen molar-refractivity contribution in [3.05, 3.63) is 55.6 Å². The van der Waals surface area contributed by atoms with Gasteiger partial charge in [0, 0.05) is 22.5 Å². The number of hydrogen-bond donors (Lipinski definition) is 1. The average Bonchev–Trinajstić information content (AvgIpc) is 2.82. The zero-order chi connectivity index (χ0) is 13.7. The van der Waals surface area contributed by atoms with Gasteiger partial charge in [-0.2, -0.15) is 0 Å². The lowest BCUT2D eigenvalue weighted by atomic mass is 10.0. The molecule has 1 aromatic carbocycles. The van der Waals surface area contributed by atoms with Crippen molar-refractivity contribution in [2.45, 2.75) is 25.8 Å². The van der Waals surface area contributed by atoms with Gasteiger partial charge < -0.3 is 5.32 Å². The highest BCUT2D eigenvalue weighted by Gasteiger charge is 2.08. The predicted molar refractivity (Wildman–Crippen MR) is 88.2 cm³/mol. The maximum Gasteiger partial charge on any atom is 0.0701 e. The topological polar surface area (TPSA) is 12.0 Å². The van der Waals surface area contributed by atoms with E-state index in [1.165, 1.54) is 14.2 Å². The fraction of sp³-hybridized carbons (Fsp3) is 0.333. The first-order valence-corrected chi connectivity index (χ1v) is 8.41. The van der Waals surface area contributed by atoms with Crippen LogP contribution < -0.4 is 5.32 Å². The Bertz CT molecular complexity index is 509. The lowest BCUT2D eigenvalue weighted by Crippen LogP contribution is -2.22. The third-order valence-corrected chi connectivity index (χ3v) is 5.01. The van der Waals surface area contributed by atoms with E-state index in [2.05, 4.69) is 52.4 Å². The first kappa shape index (κ1) is 15.0. The first-order chi connectivity index (χ1) is 9.19. The summed E-state index contributed by atoms with van der Waals surface area (Å²) in [5.41, 5.74) is 1.30. The van der Waals surface area contributed by atoms with Gasteiger partial charge in [-0.25, -0.2) is 0 Å². The molecule has 1 aromatic heterocycles. The molecule has 4 heteroatoms. The lowest BCUT2D eigenvalue weighted by molar-refractivity contribution is 0.524. The minimum Gasteiger partial charge on any atom is -0.310 e. The summed E-state index contributed by atoms with van der Waals surface area (Å²) >= 11 is 11.2. The standard InChI is InChI=1S/C15H17BrClNS/c1-2-14(11-3-5-12(17)6-4-11)18-10-9-13-7-8-15(16)19-13/h3-8,14,18H,2,9-10H2,1H3. The van der Waals surface area contributed by atoms with Gasteiger partial charge >= 0.3 is 0 Å². The molecule has 0 aliphatic heterocycles. The second-order valence-electron chi connectivity index (χ2n) is 4.42. The second kappa shape index (κ2) is 7.44. The Kier molecular flexibility index (Phi) is 5.89. The van der Waals surface area contributed by atoms with Crippen LogP contribution in [-0.4, -0.2) is 6.54 Å². The summed E-state index contributed by atoms with van der Waals surface area (Å²) in [4.78, 5) is 1.41. The third kappa shape index (κ3) is 4.60.